The first-order chi connectivity index (χ1) is 22.5. The van der Waals surface area contributed by atoms with Crippen molar-refractivity contribution in [3.63, 3.8) is 0 Å². The van der Waals surface area contributed by atoms with E-state index in [1.54, 1.807) is 6.92 Å². The number of H-pyrrole nitrogens is 2. The number of hydrogen-bond acceptors (Lipinski definition) is 7. The maximum Gasteiger partial charge on any atom is 0.408 e. The molecule has 0 saturated heterocycles. The van der Waals surface area contributed by atoms with Gasteiger partial charge in [0.25, 0.3) is 0 Å². The zero-order valence-corrected chi connectivity index (χ0v) is 27.4. The molecular weight excluding hydrogens is 596 g/mol. The van der Waals surface area contributed by atoms with E-state index >= 15 is 0 Å². The number of nitrogens with zero attached hydrogens (tertiary/aromatic N) is 3. The number of para-hydroxylation sites is 1. The van der Waals surface area contributed by atoms with Gasteiger partial charge >= 0.3 is 6.09 Å². The summed E-state index contributed by atoms with van der Waals surface area (Å²) < 4.78 is 6.15. The van der Waals surface area contributed by atoms with Crippen LogP contribution in [0.3, 0.4) is 0 Å². The number of fused-ring (bicyclic) bond motifs is 3. The Morgan fingerprint density at radius 1 is 1.09 bits per heavy atom. The van der Waals surface area contributed by atoms with E-state index in [1.165, 1.54) is 0 Å². The summed E-state index contributed by atoms with van der Waals surface area (Å²) >= 11 is 0. The van der Waals surface area contributed by atoms with Gasteiger partial charge in [-0.15, -0.1) is 10.2 Å². The molecule has 47 heavy (non-hydrogen) atoms. The summed E-state index contributed by atoms with van der Waals surface area (Å²) in [5.74, 6) is 0.340. The van der Waals surface area contributed by atoms with Gasteiger partial charge < -0.3 is 25.7 Å². The largest absolute Gasteiger partial charge is 0.446 e. The highest BCUT2D eigenvalue weighted by Gasteiger charge is 2.63. The van der Waals surface area contributed by atoms with Gasteiger partial charge in [-0.05, 0) is 54.7 Å². The number of amides is 3. The number of nitrogens with one attached hydrogen (secondary N) is 5. The molecule has 3 amide bonds. The van der Waals surface area contributed by atoms with Crippen LogP contribution in [0.5, 0.6) is 0 Å². The maximum absolute atomic E-state index is 14.4. The quantitative estimate of drug-likeness (QED) is 0.152. The van der Waals surface area contributed by atoms with Crippen LogP contribution in [0.2, 0.25) is 0 Å². The van der Waals surface area contributed by atoms with Gasteiger partial charge in [-0.2, -0.15) is 5.21 Å². The van der Waals surface area contributed by atoms with E-state index in [4.69, 9.17) is 4.74 Å². The van der Waals surface area contributed by atoms with Crippen LogP contribution in [-0.4, -0.2) is 61.7 Å². The molecule has 2 aliphatic rings. The zero-order chi connectivity index (χ0) is 33.2. The second kappa shape index (κ2) is 12.8. The maximum atomic E-state index is 14.4. The highest BCUT2D eigenvalue weighted by Crippen LogP contribution is 2.66. The fourth-order valence-electron chi connectivity index (χ4n) is 7.61. The Kier molecular flexibility index (Phi) is 8.78. The molecule has 2 aromatic carbocycles. The number of carbonyl (C=O) groups is 3. The molecule has 0 radical (unpaired) electrons. The van der Waals surface area contributed by atoms with E-state index in [2.05, 4.69) is 62.3 Å². The molecule has 2 aromatic heterocycles. The van der Waals surface area contributed by atoms with E-state index in [0.29, 0.717) is 18.2 Å². The van der Waals surface area contributed by atoms with E-state index in [-0.39, 0.29) is 42.2 Å². The molecule has 5 atom stereocenters. The molecular formula is C35H44N8O4. The van der Waals surface area contributed by atoms with Gasteiger partial charge in [-0.3, -0.25) is 9.59 Å². The van der Waals surface area contributed by atoms with Gasteiger partial charge in [0.2, 0.25) is 11.8 Å². The number of aryl methyl sites for hydroxylation is 1. The van der Waals surface area contributed by atoms with Crippen molar-refractivity contribution in [3.05, 3.63) is 77.7 Å². The minimum atomic E-state index is -1.38. The molecule has 2 heterocycles. The van der Waals surface area contributed by atoms with Crippen LogP contribution in [0.1, 0.15) is 76.4 Å². The van der Waals surface area contributed by atoms with Crippen molar-refractivity contribution < 1.29 is 19.1 Å². The Morgan fingerprint density at radius 3 is 2.55 bits per heavy atom. The fraction of sp³-hybridized carbons (Fsp3) is 0.486. The van der Waals surface area contributed by atoms with Crippen molar-refractivity contribution in [1.82, 2.24) is 41.6 Å². The number of rotatable bonds is 12. The smallest absolute Gasteiger partial charge is 0.408 e. The minimum absolute atomic E-state index is 0.0710. The molecule has 5 unspecified atom stereocenters. The van der Waals surface area contributed by atoms with E-state index < -0.39 is 23.6 Å². The topological polar surface area (TPSA) is 167 Å². The Morgan fingerprint density at radius 2 is 1.85 bits per heavy atom. The summed E-state index contributed by atoms with van der Waals surface area (Å²) in [6.45, 7) is 8.63. The summed E-state index contributed by atoms with van der Waals surface area (Å²) in [7, 11) is 0. The van der Waals surface area contributed by atoms with Crippen LogP contribution < -0.4 is 16.0 Å². The number of ether oxygens (including phenoxy) is 1. The Hall–Kier alpha value is -4.74. The van der Waals surface area contributed by atoms with Crippen molar-refractivity contribution in [2.75, 3.05) is 6.54 Å². The van der Waals surface area contributed by atoms with Crippen molar-refractivity contribution in [2.45, 2.75) is 83.9 Å². The second-order valence-electron chi connectivity index (χ2n) is 14.1. The molecule has 2 saturated carbocycles. The third-order valence-electron chi connectivity index (χ3n) is 11.0. The first kappa shape index (κ1) is 32.2. The summed E-state index contributed by atoms with van der Waals surface area (Å²) in [5, 5.41) is 23.7. The number of aromatic amines is 2. The van der Waals surface area contributed by atoms with E-state index in [0.717, 1.165) is 41.3 Å². The number of alkyl carbamates (subject to hydrolysis) is 1. The average molecular weight is 641 g/mol. The number of tetrazole rings is 1. The van der Waals surface area contributed by atoms with Gasteiger partial charge in [0, 0.05) is 48.3 Å². The van der Waals surface area contributed by atoms with Gasteiger partial charge in [0.15, 0.2) is 5.82 Å². The van der Waals surface area contributed by atoms with E-state index in [9.17, 15) is 14.4 Å². The SMILES string of the molecule is CC(Cc1c[nH]c2ccccc12)(NC(=O)OC1CC2CCC1(C)C2(C)C)C(=O)NC(CNC(=O)CCc1nn[nH]n1)c1ccccc1. The molecule has 2 aliphatic carbocycles. The third-order valence-corrected chi connectivity index (χ3v) is 11.0. The van der Waals surface area contributed by atoms with Crippen LogP contribution in [0.25, 0.3) is 10.9 Å². The first-order valence-electron chi connectivity index (χ1n) is 16.4. The summed E-state index contributed by atoms with van der Waals surface area (Å²) in [5.41, 5.74) is 1.21. The number of hydrogen-bond donors (Lipinski definition) is 5. The van der Waals surface area contributed by atoms with Crippen LogP contribution in [-0.2, 0) is 27.2 Å². The molecule has 12 heteroatoms. The van der Waals surface area contributed by atoms with Crippen molar-refractivity contribution in [1.29, 1.82) is 0 Å². The number of benzene rings is 2. The lowest BCUT2D eigenvalue weighted by molar-refractivity contribution is -0.128. The van der Waals surface area contributed by atoms with E-state index in [1.807, 2.05) is 60.8 Å². The molecule has 4 aromatic rings. The number of carbonyl (C=O) groups excluding carboxylic acids is 3. The molecule has 0 spiro atoms. The predicted octanol–water partition coefficient (Wildman–Crippen LogP) is 4.53. The Labute approximate surface area is 274 Å². The minimum Gasteiger partial charge on any atom is -0.446 e. The van der Waals surface area contributed by atoms with Crippen molar-refractivity contribution in [2.24, 2.45) is 16.7 Å². The molecule has 5 N–H and O–H groups in total. The third kappa shape index (κ3) is 6.45. The highest BCUT2D eigenvalue weighted by molar-refractivity contribution is 5.92. The second-order valence-corrected chi connectivity index (χ2v) is 14.1. The summed E-state index contributed by atoms with van der Waals surface area (Å²) in [6.07, 6.45) is 4.73. The lowest BCUT2D eigenvalue weighted by atomic mass is 9.70. The molecule has 12 nitrogen and oxygen atoms in total. The van der Waals surface area contributed by atoms with Crippen molar-refractivity contribution >= 4 is 28.8 Å². The summed E-state index contributed by atoms with van der Waals surface area (Å²) in [6, 6.07) is 16.7. The van der Waals surface area contributed by atoms with Gasteiger partial charge in [-0.25, -0.2) is 4.79 Å². The normalized spacial score (nSPS) is 23.1. The van der Waals surface area contributed by atoms with Crippen LogP contribution in [0, 0.1) is 16.7 Å². The van der Waals surface area contributed by atoms with Crippen molar-refractivity contribution in [3.8, 4) is 0 Å². The molecule has 0 aliphatic heterocycles. The zero-order valence-electron chi connectivity index (χ0n) is 27.4. The molecule has 2 bridgehead atoms. The molecule has 2 fully saturated rings. The molecule has 6 rings (SSSR count). The van der Waals surface area contributed by atoms with Gasteiger partial charge in [0.1, 0.15) is 11.6 Å². The van der Waals surface area contributed by atoms with Crippen LogP contribution >= 0.6 is 0 Å². The number of aromatic nitrogens is 5. The first-order valence-corrected chi connectivity index (χ1v) is 16.4. The lowest BCUT2D eigenvalue weighted by Crippen LogP contribution is -2.60. The molecule has 248 valence electrons. The standard InChI is InChI=1S/C35H44N8O4/c1-33(2)24-16-17-34(33,3)28(18-24)47-32(46)39-35(4,19-23-20-36-26-13-9-8-12-25(23)26)31(45)38-27(22-10-6-5-7-11-22)21-37-30(44)15-14-29-40-42-43-41-29/h5-13,20,24,27-28,36H,14-19,21H2,1-4H3,(H,37,44)(H,38,45)(H,39,46)(H,40,41,42,43). The average Bonchev–Trinajstić information content (AvgIpc) is 3.81. The van der Waals surface area contributed by atoms with Crippen LogP contribution in [0.4, 0.5) is 4.79 Å². The van der Waals surface area contributed by atoms with Crippen LogP contribution in [0.15, 0.2) is 60.8 Å². The summed E-state index contributed by atoms with van der Waals surface area (Å²) in [4.78, 5) is 44.1. The van der Waals surface area contributed by atoms with Gasteiger partial charge in [0.05, 0.1) is 6.04 Å². The Balaban J connectivity index is 1.21. The highest BCUT2D eigenvalue weighted by atomic mass is 16.6. The Bertz CT molecular complexity index is 1720. The van der Waals surface area contributed by atoms with Gasteiger partial charge in [-0.1, -0.05) is 74.5 Å². The predicted molar refractivity (Wildman–Crippen MR) is 176 cm³/mol. The fourth-order valence-corrected chi connectivity index (χ4v) is 7.61. The lowest BCUT2D eigenvalue weighted by Gasteiger charge is -2.39. The monoisotopic (exact) mass is 640 g/mol.